The molecule has 0 N–H and O–H groups in total. The number of carbonyl (C=O) groups excluding carboxylic acids is 1. The van der Waals surface area contributed by atoms with Crippen LogP contribution in [0.1, 0.15) is 18.1 Å². The minimum atomic E-state index is -0.452. The minimum absolute atomic E-state index is 0.00563. The van der Waals surface area contributed by atoms with Crippen molar-refractivity contribution in [3.8, 4) is 0 Å². The molecule has 0 bridgehead atoms. The van der Waals surface area contributed by atoms with Gasteiger partial charge in [-0.25, -0.2) is 4.99 Å². The summed E-state index contributed by atoms with van der Waals surface area (Å²) in [6, 6.07) is 14.0. The van der Waals surface area contributed by atoms with E-state index in [4.69, 9.17) is 0 Å². The van der Waals surface area contributed by atoms with E-state index >= 15 is 0 Å². The Morgan fingerprint density at radius 1 is 1.23 bits per heavy atom. The highest BCUT2D eigenvalue weighted by molar-refractivity contribution is 8.18. The molecule has 0 atom stereocenters. The van der Waals surface area contributed by atoms with Crippen LogP contribution in [0.4, 0.5) is 11.4 Å². The van der Waals surface area contributed by atoms with Crippen molar-refractivity contribution in [1.29, 1.82) is 0 Å². The standard InChI is InChI=1S/C19H17N3O3S/c1-3-14-8-4-5-10-16(14)20-19-21(2)18(23)17(26-19)12-13-7-6-9-15(11-13)22(24)25/h4-12H,3H2,1-2H3/b17-12+,20-19?. The molecule has 6 nitrogen and oxygen atoms in total. The number of hydrogen-bond acceptors (Lipinski definition) is 5. The SMILES string of the molecule is CCc1ccccc1N=C1S/C(=C/c2cccc([N+](=O)[O-])c2)C(=O)N1C. The number of likely N-dealkylation sites (N-methyl/N-ethyl adjacent to an activating group) is 1. The Bertz CT molecular complexity index is 937. The van der Waals surface area contributed by atoms with E-state index in [9.17, 15) is 14.9 Å². The first-order chi connectivity index (χ1) is 12.5. The zero-order valence-corrected chi connectivity index (χ0v) is 15.2. The maximum Gasteiger partial charge on any atom is 0.270 e. The molecule has 1 fully saturated rings. The maximum absolute atomic E-state index is 12.5. The predicted octanol–water partition coefficient (Wildman–Crippen LogP) is 4.39. The molecule has 1 amide bonds. The number of amides is 1. The lowest BCUT2D eigenvalue weighted by Gasteiger charge is -2.08. The van der Waals surface area contributed by atoms with Crippen LogP contribution in [-0.4, -0.2) is 27.9 Å². The summed E-state index contributed by atoms with van der Waals surface area (Å²) in [6.07, 6.45) is 2.51. The lowest BCUT2D eigenvalue weighted by Crippen LogP contribution is -2.23. The number of aliphatic imine (C=N–C) groups is 1. The molecule has 0 spiro atoms. The van der Waals surface area contributed by atoms with Gasteiger partial charge >= 0.3 is 0 Å². The summed E-state index contributed by atoms with van der Waals surface area (Å²) in [5, 5.41) is 11.5. The molecule has 0 aromatic heterocycles. The molecular formula is C19H17N3O3S. The van der Waals surface area contributed by atoms with Crippen LogP contribution in [-0.2, 0) is 11.2 Å². The Hall–Kier alpha value is -2.93. The average molecular weight is 367 g/mol. The Morgan fingerprint density at radius 2 is 2.00 bits per heavy atom. The summed E-state index contributed by atoms with van der Waals surface area (Å²) in [4.78, 5) is 29.6. The lowest BCUT2D eigenvalue weighted by molar-refractivity contribution is -0.384. The van der Waals surface area contributed by atoms with Gasteiger partial charge in [0.25, 0.3) is 11.6 Å². The molecule has 26 heavy (non-hydrogen) atoms. The molecule has 1 aliphatic heterocycles. The van der Waals surface area contributed by atoms with Gasteiger partial charge in [0, 0.05) is 19.2 Å². The van der Waals surface area contributed by atoms with Crippen LogP contribution in [0.2, 0.25) is 0 Å². The fraction of sp³-hybridized carbons (Fsp3) is 0.158. The number of amidine groups is 1. The van der Waals surface area contributed by atoms with E-state index in [0.29, 0.717) is 15.6 Å². The Kier molecular flexibility index (Phi) is 5.18. The van der Waals surface area contributed by atoms with Crippen LogP contribution >= 0.6 is 11.8 Å². The van der Waals surface area contributed by atoms with Crippen LogP contribution in [0.5, 0.6) is 0 Å². The molecule has 1 aliphatic rings. The third kappa shape index (κ3) is 3.67. The summed E-state index contributed by atoms with van der Waals surface area (Å²) in [6.45, 7) is 2.06. The zero-order chi connectivity index (χ0) is 18.7. The molecule has 7 heteroatoms. The Labute approximate surface area is 155 Å². The molecule has 2 aromatic rings. The zero-order valence-electron chi connectivity index (χ0n) is 14.4. The number of para-hydroxylation sites is 1. The number of benzene rings is 2. The van der Waals surface area contributed by atoms with Gasteiger partial charge in [-0.05, 0) is 41.5 Å². The van der Waals surface area contributed by atoms with Crippen molar-refractivity contribution in [2.45, 2.75) is 13.3 Å². The van der Waals surface area contributed by atoms with Crippen molar-refractivity contribution in [2.75, 3.05) is 7.05 Å². The molecule has 2 aromatic carbocycles. The van der Waals surface area contributed by atoms with Crippen LogP contribution in [0.15, 0.2) is 58.4 Å². The third-order valence-electron chi connectivity index (χ3n) is 3.97. The van der Waals surface area contributed by atoms with Gasteiger partial charge < -0.3 is 0 Å². The van der Waals surface area contributed by atoms with E-state index in [2.05, 4.69) is 11.9 Å². The van der Waals surface area contributed by atoms with Gasteiger partial charge in [-0.15, -0.1) is 0 Å². The number of nitro benzene ring substituents is 1. The fourth-order valence-electron chi connectivity index (χ4n) is 2.55. The Morgan fingerprint density at radius 3 is 2.73 bits per heavy atom. The molecule has 1 heterocycles. The minimum Gasteiger partial charge on any atom is -0.290 e. The molecular weight excluding hydrogens is 350 g/mol. The normalized spacial score (nSPS) is 17.3. The van der Waals surface area contributed by atoms with Gasteiger partial charge in [0.15, 0.2) is 5.17 Å². The molecule has 3 rings (SSSR count). The van der Waals surface area contributed by atoms with E-state index in [1.807, 2.05) is 24.3 Å². The summed E-state index contributed by atoms with van der Waals surface area (Å²) in [5.41, 5.74) is 2.55. The average Bonchev–Trinajstić information content (AvgIpc) is 2.90. The van der Waals surface area contributed by atoms with E-state index in [-0.39, 0.29) is 11.6 Å². The van der Waals surface area contributed by atoms with E-state index in [1.54, 1.807) is 25.3 Å². The van der Waals surface area contributed by atoms with Crippen molar-refractivity contribution in [1.82, 2.24) is 4.90 Å². The van der Waals surface area contributed by atoms with Crippen molar-refractivity contribution in [2.24, 2.45) is 4.99 Å². The number of rotatable bonds is 4. The van der Waals surface area contributed by atoms with Crippen molar-refractivity contribution in [3.05, 3.63) is 74.7 Å². The third-order valence-corrected chi connectivity index (χ3v) is 5.03. The number of carbonyl (C=O) groups is 1. The quantitative estimate of drug-likeness (QED) is 0.456. The van der Waals surface area contributed by atoms with Crippen LogP contribution in [0, 0.1) is 10.1 Å². The van der Waals surface area contributed by atoms with Crippen molar-refractivity contribution >= 4 is 40.3 Å². The summed E-state index contributed by atoms with van der Waals surface area (Å²) < 4.78 is 0. The number of hydrogen-bond donors (Lipinski definition) is 0. The van der Waals surface area contributed by atoms with Crippen LogP contribution in [0.25, 0.3) is 6.08 Å². The summed E-state index contributed by atoms with van der Waals surface area (Å²) >= 11 is 1.27. The van der Waals surface area contributed by atoms with Crippen molar-refractivity contribution in [3.63, 3.8) is 0 Å². The van der Waals surface area contributed by atoms with E-state index in [1.165, 1.54) is 28.8 Å². The second kappa shape index (κ2) is 7.53. The topological polar surface area (TPSA) is 75.8 Å². The second-order valence-electron chi connectivity index (χ2n) is 5.70. The summed E-state index contributed by atoms with van der Waals surface area (Å²) in [7, 11) is 1.68. The highest BCUT2D eigenvalue weighted by Crippen LogP contribution is 2.34. The number of aryl methyl sites for hydroxylation is 1. The first-order valence-electron chi connectivity index (χ1n) is 8.08. The number of non-ortho nitro benzene ring substituents is 1. The monoisotopic (exact) mass is 367 g/mol. The molecule has 0 unspecified atom stereocenters. The Balaban J connectivity index is 1.93. The number of nitrogens with zero attached hydrogens (tertiary/aromatic N) is 3. The van der Waals surface area contributed by atoms with Gasteiger partial charge in [0.05, 0.1) is 15.5 Å². The van der Waals surface area contributed by atoms with E-state index in [0.717, 1.165) is 17.7 Å². The van der Waals surface area contributed by atoms with Gasteiger partial charge in [-0.2, -0.15) is 0 Å². The predicted molar refractivity (Wildman–Crippen MR) is 104 cm³/mol. The second-order valence-corrected chi connectivity index (χ2v) is 6.71. The molecule has 0 saturated carbocycles. The van der Waals surface area contributed by atoms with Gasteiger partial charge in [0.2, 0.25) is 0 Å². The molecule has 0 radical (unpaired) electrons. The first-order valence-corrected chi connectivity index (χ1v) is 8.90. The lowest BCUT2D eigenvalue weighted by atomic mass is 10.1. The largest absolute Gasteiger partial charge is 0.290 e. The maximum atomic E-state index is 12.5. The van der Waals surface area contributed by atoms with Gasteiger partial charge in [0.1, 0.15) is 0 Å². The number of thioether (sulfide) groups is 1. The highest BCUT2D eigenvalue weighted by Gasteiger charge is 2.30. The number of nitro groups is 1. The molecule has 0 aliphatic carbocycles. The van der Waals surface area contributed by atoms with Crippen LogP contribution < -0.4 is 0 Å². The molecule has 132 valence electrons. The first kappa shape index (κ1) is 17.9. The van der Waals surface area contributed by atoms with Gasteiger partial charge in [-0.3, -0.25) is 19.8 Å². The van der Waals surface area contributed by atoms with Crippen LogP contribution in [0.3, 0.4) is 0 Å². The summed E-state index contributed by atoms with van der Waals surface area (Å²) in [5.74, 6) is -0.172. The smallest absolute Gasteiger partial charge is 0.270 e. The van der Waals surface area contributed by atoms with Crippen molar-refractivity contribution < 1.29 is 9.72 Å². The van der Waals surface area contributed by atoms with Gasteiger partial charge in [-0.1, -0.05) is 37.3 Å². The molecule has 1 saturated heterocycles. The van der Waals surface area contributed by atoms with E-state index < -0.39 is 4.92 Å². The highest BCUT2D eigenvalue weighted by atomic mass is 32.2. The fourth-order valence-corrected chi connectivity index (χ4v) is 3.53.